The molecule has 1 N–H and O–H groups in total. The Hall–Kier alpha value is -1.22. The quantitative estimate of drug-likeness (QED) is 0.806. The van der Waals surface area contributed by atoms with Crippen LogP contribution < -0.4 is 9.47 Å². The van der Waals surface area contributed by atoms with Gasteiger partial charge in [0.2, 0.25) is 0 Å². The van der Waals surface area contributed by atoms with Gasteiger partial charge in [-0.2, -0.15) is 0 Å². The van der Waals surface area contributed by atoms with Crippen LogP contribution in [-0.4, -0.2) is 24.9 Å². The molecule has 0 heterocycles. The van der Waals surface area contributed by atoms with Crippen molar-refractivity contribution < 1.29 is 14.6 Å². The number of hydrogen-bond donors (Lipinski definition) is 1. The molecule has 0 radical (unpaired) electrons. The van der Waals surface area contributed by atoms with Gasteiger partial charge in [0.25, 0.3) is 0 Å². The average molecular weight is 224 g/mol. The molecule has 3 heteroatoms. The first-order valence-electron chi connectivity index (χ1n) is 5.65. The van der Waals surface area contributed by atoms with Crippen molar-refractivity contribution in [3.8, 4) is 11.5 Å². The lowest BCUT2D eigenvalue weighted by Gasteiger charge is -2.11. The third-order valence-electron chi connectivity index (χ3n) is 2.38. The summed E-state index contributed by atoms with van der Waals surface area (Å²) in [4.78, 5) is 0. The first kappa shape index (κ1) is 12.8. The molecule has 0 spiro atoms. The van der Waals surface area contributed by atoms with Crippen LogP contribution in [0.25, 0.3) is 0 Å². The number of benzene rings is 1. The minimum atomic E-state index is -0.266. The fraction of sp³-hybridized carbons (Fsp3) is 0.538. The van der Waals surface area contributed by atoms with E-state index in [1.54, 1.807) is 14.0 Å². The second-order valence-corrected chi connectivity index (χ2v) is 3.81. The molecule has 0 aliphatic carbocycles. The van der Waals surface area contributed by atoms with Gasteiger partial charge in [0.1, 0.15) is 0 Å². The van der Waals surface area contributed by atoms with E-state index in [0.717, 1.165) is 29.9 Å². The van der Waals surface area contributed by atoms with E-state index >= 15 is 0 Å². The van der Waals surface area contributed by atoms with Gasteiger partial charge in [0.05, 0.1) is 19.8 Å². The van der Waals surface area contributed by atoms with Crippen LogP contribution in [-0.2, 0) is 6.42 Å². The summed E-state index contributed by atoms with van der Waals surface area (Å²) in [6, 6.07) is 5.89. The fourth-order valence-corrected chi connectivity index (χ4v) is 1.52. The second kappa shape index (κ2) is 6.38. The fourth-order valence-electron chi connectivity index (χ4n) is 1.52. The molecule has 0 unspecified atom stereocenters. The van der Waals surface area contributed by atoms with E-state index < -0.39 is 0 Å². The molecule has 0 amide bonds. The van der Waals surface area contributed by atoms with Gasteiger partial charge in [-0.05, 0) is 44.4 Å². The van der Waals surface area contributed by atoms with Crippen molar-refractivity contribution in [1.82, 2.24) is 0 Å². The highest BCUT2D eigenvalue weighted by Crippen LogP contribution is 2.28. The predicted octanol–water partition coefficient (Wildman–Crippen LogP) is 2.41. The van der Waals surface area contributed by atoms with Crippen molar-refractivity contribution in [2.75, 3.05) is 13.7 Å². The molecule has 0 aliphatic rings. The second-order valence-electron chi connectivity index (χ2n) is 3.81. The normalized spacial score (nSPS) is 12.2. The maximum atomic E-state index is 9.22. The van der Waals surface area contributed by atoms with E-state index in [0.29, 0.717) is 6.61 Å². The lowest BCUT2D eigenvalue weighted by Crippen LogP contribution is -2.02. The maximum Gasteiger partial charge on any atom is 0.161 e. The molecular formula is C13H20O3. The SMILES string of the molecule is CCOc1ccc(CC[C@H](C)O)cc1OC. The molecule has 3 nitrogen and oxygen atoms in total. The Morgan fingerprint density at radius 2 is 2.06 bits per heavy atom. The Balaban J connectivity index is 2.74. The Morgan fingerprint density at radius 3 is 2.62 bits per heavy atom. The zero-order chi connectivity index (χ0) is 12.0. The molecule has 0 saturated carbocycles. The number of aryl methyl sites for hydroxylation is 1. The monoisotopic (exact) mass is 224 g/mol. The van der Waals surface area contributed by atoms with Gasteiger partial charge in [0, 0.05) is 0 Å². The van der Waals surface area contributed by atoms with E-state index in [4.69, 9.17) is 9.47 Å². The van der Waals surface area contributed by atoms with Crippen LogP contribution in [0.15, 0.2) is 18.2 Å². The van der Waals surface area contributed by atoms with Gasteiger partial charge in [-0.25, -0.2) is 0 Å². The van der Waals surface area contributed by atoms with Gasteiger partial charge in [-0.1, -0.05) is 6.07 Å². The standard InChI is InChI=1S/C13H20O3/c1-4-16-12-8-7-11(6-5-10(2)14)9-13(12)15-3/h7-10,14H,4-6H2,1-3H3/t10-/m0/s1. The summed E-state index contributed by atoms with van der Waals surface area (Å²) in [6.07, 6.45) is 1.34. The zero-order valence-corrected chi connectivity index (χ0v) is 10.2. The molecule has 0 saturated heterocycles. The topological polar surface area (TPSA) is 38.7 Å². The summed E-state index contributed by atoms with van der Waals surface area (Å²) in [5, 5.41) is 9.22. The summed E-state index contributed by atoms with van der Waals surface area (Å²) in [6.45, 7) is 4.37. The smallest absolute Gasteiger partial charge is 0.161 e. The molecule has 0 aromatic heterocycles. The third kappa shape index (κ3) is 3.74. The summed E-state index contributed by atoms with van der Waals surface area (Å²) in [7, 11) is 1.64. The van der Waals surface area contributed by atoms with Crippen LogP contribution in [0.5, 0.6) is 11.5 Å². The van der Waals surface area contributed by atoms with Crippen LogP contribution in [0, 0.1) is 0 Å². The van der Waals surface area contributed by atoms with Crippen molar-refractivity contribution in [1.29, 1.82) is 0 Å². The van der Waals surface area contributed by atoms with Crippen LogP contribution in [0.4, 0.5) is 0 Å². The molecular weight excluding hydrogens is 204 g/mol. The van der Waals surface area contributed by atoms with Crippen LogP contribution >= 0.6 is 0 Å². The molecule has 1 atom stereocenters. The van der Waals surface area contributed by atoms with Crippen molar-refractivity contribution in [2.45, 2.75) is 32.8 Å². The van der Waals surface area contributed by atoms with Crippen molar-refractivity contribution in [3.05, 3.63) is 23.8 Å². The molecule has 1 aromatic carbocycles. The Labute approximate surface area is 97.0 Å². The van der Waals surface area contributed by atoms with Crippen LogP contribution in [0.1, 0.15) is 25.8 Å². The first-order chi connectivity index (χ1) is 7.67. The van der Waals surface area contributed by atoms with E-state index in [1.165, 1.54) is 0 Å². The van der Waals surface area contributed by atoms with E-state index in [9.17, 15) is 5.11 Å². The third-order valence-corrected chi connectivity index (χ3v) is 2.38. The van der Waals surface area contributed by atoms with Gasteiger partial charge in [0.15, 0.2) is 11.5 Å². The molecule has 0 fully saturated rings. The number of rotatable bonds is 6. The van der Waals surface area contributed by atoms with E-state index in [-0.39, 0.29) is 6.10 Å². The maximum absolute atomic E-state index is 9.22. The van der Waals surface area contributed by atoms with E-state index in [1.807, 2.05) is 25.1 Å². The molecule has 0 aliphatic heterocycles. The lowest BCUT2D eigenvalue weighted by atomic mass is 10.1. The Morgan fingerprint density at radius 1 is 1.31 bits per heavy atom. The average Bonchev–Trinajstić information content (AvgIpc) is 2.28. The molecule has 90 valence electrons. The Bertz CT molecular complexity index is 321. The number of ether oxygens (including phenoxy) is 2. The van der Waals surface area contributed by atoms with E-state index in [2.05, 4.69) is 0 Å². The van der Waals surface area contributed by atoms with Crippen molar-refractivity contribution in [2.24, 2.45) is 0 Å². The minimum absolute atomic E-state index is 0.266. The predicted molar refractivity (Wildman–Crippen MR) is 64.2 cm³/mol. The van der Waals surface area contributed by atoms with Gasteiger partial charge < -0.3 is 14.6 Å². The van der Waals surface area contributed by atoms with Gasteiger partial charge >= 0.3 is 0 Å². The first-order valence-corrected chi connectivity index (χ1v) is 5.65. The molecule has 16 heavy (non-hydrogen) atoms. The van der Waals surface area contributed by atoms with Gasteiger partial charge in [-0.3, -0.25) is 0 Å². The number of methoxy groups -OCH3 is 1. The molecule has 1 aromatic rings. The van der Waals surface area contributed by atoms with Crippen molar-refractivity contribution >= 4 is 0 Å². The number of hydrogen-bond acceptors (Lipinski definition) is 3. The van der Waals surface area contributed by atoms with Crippen LogP contribution in [0.2, 0.25) is 0 Å². The lowest BCUT2D eigenvalue weighted by molar-refractivity contribution is 0.185. The van der Waals surface area contributed by atoms with Crippen molar-refractivity contribution in [3.63, 3.8) is 0 Å². The van der Waals surface area contributed by atoms with Crippen LogP contribution in [0.3, 0.4) is 0 Å². The summed E-state index contributed by atoms with van der Waals surface area (Å²) >= 11 is 0. The highest BCUT2D eigenvalue weighted by molar-refractivity contribution is 5.43. The summed E-state index contributed by atoms with van der Waals surface area (Å²) in [5.41, 5.74) is 1.15. The van der Waals surface area contributed by atoms with Gasteiger partial charge in [-0.15, -0.1) is 0 Å². The highest BCUT2D eigenvalue weighted by Gasteiger charge is 2.05. The summed E-state index contributed by atoms with van der Waals surface area (Å²) < 4.78 is 10.7. The minimum Gasteiger partial charge on any atom is -0.493 e. The largest absolute Gasteiger partial charge is 0.493 e. The zero-order valence-electron chi connectivity index (χ0n) is 10.2. The summed E-state index contributed by atoms with van der Waals surface area (Å²) in [5.74, 6) is 1.52. The highest BCUT2D eigenvalue weighted by atomic mass is 16.5. The number of aliphatic hydroxyl groups excluding tert-OH is 1. The number of aliphatic hydroxyl groups is 1. The molecule has 1 rings (SSSR count). The molecule has 0 bridgehead atoms. The Kier molecular flexibility index (Phi) is 5.12.